The van der Waals surface area contributed by atoms with E-state index in [0.717, 1.165) is 0 Å². The number of carbonyl (C=O) groups is 1. The second kappa shape index (κ2) is 4.15. The number of amides is 1. The Balaban J connectivity index is 2.47. The number of nitriles is 1. The fourth-order valence-electron chi connectivity index (χ4n) is 0.682. The summed E-state index contributed by atoms with van der Waals surface area (Å²) in [6.45, 7) is 1.66. The highest BCUT2D eigenvalue weighted by molar-refractivity contribution is 5.90. The molecule has 0 aromatic carbocycles. The van der Waals surface area contributed by atoms with Crippen LogP contribution >= 0.6 is 0 Å². The van der Waals surface area contributed by atoms with Crippen LogP contribution in [0.5, 0.6) is 0 Å². The van der Waals surface area contributed by atoms with Crippen molar-refractivity contribution in [3.63, 3.8) is 0 Å². The second-order valence-corrected chi connectivity index (χ2v) is 2.50. The number of tetrazole rings is 1. The monoisotopic (exact) mass is 180 g/mol. The maximum absolute atomic E-state index is 11.2. The van der Waals surface area contributed by atoms with Crippen LogP contribution in [0.3, 0.4) is 0 Å². The van der Waals surface area contributed by atoms with E-state index < -0.39 is 0 Å². The van der Waals surface area contributed by atoms with Crippen LogP contribution < -0.4 is 5.32 Å². The van der Waals surface area contributed by atoms with Gasteiger partial charge in [-0.2, -0.15) is 5.26 Å². The molecule has 2 N–H and O–H groups in total. The highest BCUT2D eigenvalue weighted by Gasteiger charge is 2.13. The van der Waals surface area contributed by atoms with E-state index in [9.17, 15) is 4.79 Å². The molecule has 0 bridgehead atoms. The van der Waals surface area contributed by atoms with Gasteiger partial charge in [-0.1, -0.05) is 12.0 Å². The molecule has 0 aliphatic carbocycles. The first-order valence-electron chi connectivity index (χ1n) is 3.65. The lowest BCUT2D eigenvalue weighted by Gasteiger charge is -2.04. The standard InChI is InChI=1S/C6H8N6O/c1-4(2-3-7)5(13)8-6-9-11-12-10-6/h4H,2H2,1H3,(H2,8,9,10,11,12,13)/t4-/m0/s1. The topological polar surface area (TPSA) is 107 Å². The Hall–Kier alpha value is -1.97. The van der Waals surface area contributed by atoms with Crippen molar-refractivity contribution >= 4 is 11.9 Å². The number of carbonyl (C=O) groups excluding carboxylic acids is 1. The minimum absolute atomic E-state index is 0.174. The molecule has 1 amide bonds. The van der Waals surface area contributed by atoms with Gasteiger partial charge in [0.15, 0.2) is 0 Å². The lowest BCUT2D eigenvalue weighted by molar-refractivity contribution is -0.119. The summed E-state index contributed by atoms with van der Waals surface area (Å²) >= 11 is 0. The summed E-state index contributed by atoms with van der Waals surface area (Å²) < 4.78 is 0. The van der Waals surface area contributed by atoms with Crippen molar-refractivity contribution in [2.24, 2.45) is 5.92 Å². The van der Waals surface area contributed by atoms with Gasteiger partial charge in [-0.25, -0.2) is 5.10 Å². The van der Waals surface area contributed by atoms with Gasteiger partial charge in [-0.15, -0.1) is 0 Å². The molecule has 13 heavy (non-hydrogen) atoms. The lowest BCUT2D eigenvalue weighted by Crippen LogP contribution is -2.20. The number of rotatable bonds is 3. The van der Waals surface area contributed by atoms with Crippen molar-refractivity contribution in [1.29, 1.82) is 5.26 Å². The molecule has 0 spiro atoms. The van der Waals surface area contributed by atoms with Crippen LogP contribution in [0.2, 0.25) is 0 Å². The molecule has 0 fully saturated rings. The summed E-state index contributed by atoms with van der Waals surface area (Å²) in [7, 11) is 0. The molecular weight excluding hydrogens is 172 g/mol. The Kier molecular flexibility index (Phi) is 2.92. The molecule has 1 atom stereocenters. The molecule has 1 aromatic heterocycles. The van der Waals surface area contributed by atoms with Gasteiger partial charge in [0.1, 0.15) is 0 Å². The summed E-state index contributed by atoms with van der Waals surface area (Å²) in [5.74, 6) is -0.454. The van der Waals surface area contributed by atoms with E-state index in [0.29, 0.717) is 0 Å². The smallest absolute Gasteiger partial charge is 0.246 e. The fourth-order valence-corrected chi connectivity index (χ4v) is 0.682. The van der Waals surface area contributed by atoms with Crippen molar-refractivity contribution in [3.8, 4) is 6.07 Å². The molecular formula is C6H8N6O. The number of anilines is 1. The van der Waals surface area contributed by atoms with Gasteiger partial charge in [0.05, 0.1) is 6.07 Å². The molecule has 0 radical (unpaired) electrons. The van der Waals surface area contributed by atoms with Gasteiger partial charge in [0.25, 0.3) is 0 Å². The van der Waals surface area contributed by atoms with Crippen LogP contribution in [0, 0.1) is 17.2 Å². The number of nitrogens with zero attached hydrogens (tertiary/aromatic N) is 4. The highest BCUT2D eigenvalue weighted by atomic mass is 16.2. The summed E-state index contributed by atoms with van der Waals surface area (Å²) in [6.07, 6.45) is 0.174. The number of hydrogen-bond donors (Lipinski definition) is 2. The van der Waals surface area contributed by atoms with Crippen LogP contribution in [-0.4, -0.2) is 26.5 Å². The van der Waals surface area contributed by atoms with Crippen LogP contribution in [-0.2, 0) is 4.79 Å². The van der Waals surface area contributed by atoms with Crippen LogP contribution in [0.25, 0.3) is 0 Å². The molecule has 0 saturated carbocycles. The normalized spacial score (nSPS) is 11.7. The summed E-state index contributed by atoms with van der Waals surface area (Å²) in [6, 6.07) is 1.91. The van der Waals surface area contributed by atoms with Gasteiger partial charge in [-0.05, 0) is 10.4 Å². The van der Waals surface area contributed by atoms with Crippen molar-refractivity contribution in [2.75, 3.05) is 5.32 Å². The van der Waals surface area contributed by atoms with Crippen LogP contribution in [0.1, 0.15) is 13.3 Å². The first-order valence-corrected chi connectivity index (χ1v) is 3.65. The predicted molar refractivity (Wildman–Crippen MR) is 42.2 cm³/mol. The maximum Gasteiger partial charge on any atom is 0.246 e. The third-order valence-electron chi connectivity index (χ3n) is 1.43. The highest BCUT2D eigenvalue weighted by Crippen LogP contribution is 2.03. The number of nitrogens with one attached hydrogen (secondary N) is 2. The predicted octanol–water partition coefficient (Wildman–Crippen LogP) is -0.312. The lowest BCUT2D eigenvalue weighted by atomic mass is 10.1. The third-order valence-corrected chi connectivity index (χ3v) is 1.43. The second-order valence-electron chi connectivity index (χ2n) is 2.50. The van der Waals surface area contributed by atoms with Crippen molar-refractivity contribution in [3.05, 3.63) is 0 Å². The third kappa shape index (κ3) is 2.52. The first kappa shape index (κ1) is 9.12. The number of H-pyrrole nitrogens is 1. The zero-order valence-electron chi connectivity index (χ0n) is 6.98. The molecule has 0 aliphatic rings. The molecule has 0 saturated heterocycles. The molecule has 68 valence electrons. The SMILES string of the molecule is C[C@@H](CC#N)C(=O)Nc1nnn[nH]1. The van der Waals surface area contributed by atoms with E-state index in [4.69, 9.17) is 5.26 Å². The fraction of sp³-hybridized carbons (Fsp3) is 0.500. The number of aromatic nitrogens is 4. The van der Waals surface area contributed by atoms with E-state index in [1.807, 2.05) is 6.07 Å². The number of aromatic amines is 1. The van der Waals surface area contributed by atoms with Gasteiger partial charge < -0.3 is 0 Å². The molecule has 0 unspecified atom stereocenters. The Morgan fingerprint density at radius 2 is 2.62 bits per heavy atom. The molecule has 7 nitrogen and oxygen atoms in total. The average Bonchev–Trinajstić information content (AvgIpc) is 2.57. The Morgan fingerprint density at radius 1 is 1.85 bits per heavy atom. The molecule has 1 heterocycles. The Labute approximate surface area is 74.1 Å². The summed E-state index contributed by atoms with van der Waals surface area (Å²) in [4.78, 5) is 11.2. The van der Waals surface area contributed by atoms with E-state index in [1.165, 1.54) is 0 Å². The van der Waals surface area contributed by atoms with E-state index in [1.54, 1.807) is 6.92 Å². The first-order chi connectivity index (χ1) is 6.24. The minimum Gasteiger partial charge on any atom is -0.293 e. The van der Waals surface area contributed by atoms with Crippen LogP contribution in [0.15, 0.2) is 0 Å². The maximum atomic E-state index is 11.2. The van der Waals surface area contributed by atoms with Crippen molar-refractivity contribution < 1.29 is 4.79 Å². The molecule has 1 aromatic rings. The Bertz CT molecular complexity index is 312. The largest absolute Gasteiger partial charge is 0.293 e. The molecule has 0 aliphatic heterocycles. The minimum atomic E-state index is -0.366. The van der Waals surface area contributed by atoms with Crippen molar-refractivity contribution in [2.45, 2.75) is 13.3 Å². The van der Waals surface area contributed by atoms with Gasteiger partial charge in [-0.3, -0.25) is 10.1 Å². The zero-order chi connectivity index (χ0) is 9.68. The van der Waals surface area contributed by atoms with Crippen LogP contribution in [0.4, 0.5) is 5.95 Å². The van der Waals surface area contributed by atoms with Gasteiger partial charge in [0, 0.05) is 12.3 Å². The van der Waals surface area contributed by atoms with E-state index in [2.05, 4.69) is 25.9 Å². The van der Waals surface area contributed by atoms with E-state index >= 15 is 0 Å². The van der Waals surface area contributed by atoms with Gasteiger partial charge >= 0.3 is 0 Å². The number of hydrogen-bond acceptors (Lipinski definition) is 5. The molecule has 1 rings (SSSR count). The summed E-state index contributed by atoms with van der Waals surface area (Å²) in [5, 5.41) is 23.2. The van der Waals surface area contributed by atoms with Gasteiger partial charge in [0.2, 0.25) is 11.9 Å². The quantitative estimate of drug-likeness (QED) is 0.663. The van der Waals surface area contributed by atoms with Crippen molar-refractivity contribution in [1.82, 2.24) is 20.6 Å². The zero-order valence-corrected chi connectivity index (χ0v) is 6.98. The summed E-state index contributed by atoms with van der Waals surface area (Å²) in [5.41, 5.74) is 0. The van der Waals surface area contributed by atoms with E-state index in [-0.39, 0.29) is 24.2 Å². The average molecular weight is 180 g/mol. The molecule has 7 heteroatoms. The Morgan fingerprint density at radius 3 is 3.15 bits per heavy atom.